The van der Waals surface area contributed by atoms with E-state index >= 15 is 0 Å². The van der Waals surface area contributed by atoms with Gasteiger partial charge in [0.15, 0.2) is 0 Å². The van der Waals surface area contributed by atoms with Crippen molar-refractivity contribution >= 4 is 34.8 Å². The Morgan fingerprint density at radius 3 is 2.41 bits per heavy atom. The summed E-state index contributed by atoms with van der Waals surface area (Å²) in [5, 5.41) is 11.7. The molecule has 2 N–H and O–H groups in total. The zero-order chi connectivity index (χ0) is 15.9. The Kier molecular flexibility index (Phi) is 5.98. The van der Waals surface area contributed by atoms with Gasteiger partial charge in [0.1, 0.15) is 0 Å². The zero-order valence-corrected chi connectivity index (χ0v) is 13.4. The number of carbonyl (C=O) groups is 2. The summed E-state index contributed by atoms with van der Waals surface area (Å²) in [5.41, 5.74) is 1.26. The number of aryl methyl sites for hydroxylation is 1. The summed E-state index contributed by atoms with van der Waals surface area (Å²) in [7, 11) is 0. The number of nitrogens with one attached hydrogen (secondary N) is 1. The second-order valence-corrected chi connectivity index (χ2v) is 6.61. The summed E-state index contributed by atoms with van der Waals surface area (Å²) < 4.78 is 0.736. The van der Waals surface area contributed by atoms with E-state index in [2.05, 4.69) is 5.32 Å². The number of carboxylic acids is 1. The minimum atomic E-state index is -0.937. The molecule has 4 nitrogen and oxygen atoms in total. The molecule has 0 unspecified atom stereocenters. The molecule has 2 aromatic rings. The Hall–Kier alpha value is -1.85. The Labute approximate surface area is 137 Å². The van der Waals surface area contributed by atoms with Crippen molar-refractivity contribution in [3.63, 3.8) is 0 Å². The molecule has 6 heteroatoms. The lowest BCUT2D eigenvalue weighted by Crippen LogP contribution is -2.25. The van der Waals surface area contributed by atoms with Gasteiger partial charge >= 0.3 is 5.97 Å². The van der Waals surface area contributed by atoms with E-state index in [4.69, 9.17) is 16.7 Å². The fourth-order valence-corrected chi connectivity index (χ4v) is 3.06. The van der Waals surface area contributed by atoms with Crippen LogP contribution < -0.4 is 5.32 Å². The predicted octanol–water partition coefficient (Wildman–Crippen LogP) is 3.39. The number of aromatic carboxylic acids is 1. The van der Waals surface area contributed by atoms with Crippen molar-refractivity contribution in [1.82, 2.24) is 5.32 Å². The molecular weight excluding hydrogens is 322 g/mol. The second kappa shape index (κ2) is 7.96. The maximum atomic E-state index is 11.7. The molecular formula is C16H16ClNO3S. The van der Waals surface area contributed by atoms with Crippen LogP contribution in [0.4, 0.5) is 0 Å². The molecule has 0 fully saturated rings. The van der Waals surface area contributed by atoms with Crippen LogP contribution in [0.3, 0.4) is 0 Å². The SMILES string of the molecule is O=C(CCc1ccc(Cl)s1)NCCc1ccc(C(=O)O)cc1. The van der Waals surface area contributed by atoms with Crippen LogP contribution in [-0.4, -0.2) is 23.5 Å². The Bertz CT molecular complexity index is 652. The van der Waals surface area contributed by atoms with Crippen LogP contribution in [0.15, 0.2) is 36.4 Å². The quantitative estimate of drug-likeness (QED) is 0.813. The van der Waals surface area contributed by atoms with Crippen molar-refractivity contribution in [2.24, 2.45) is 0 Å². The van der Waals surface area contributed by atoms with Gasteiger partial charge in [-0.25, -0.2) is 4.79 Å². The number of carboxylic acid groups (broad SMARTS) is 1. The average molecular weight is 338 g/mol. The normalized spacial score (nSPS) is 10.4. The fourth-order valence-electron chi connectivity index (χ4n) is 1.97. The lowest BCUT2D eigenvalue weighted by Gasteiger charge is -2.05. The maximum absolute atomic E-state index is 11.7. The van der Waals surface area contributed by atoms with Crippen molar-refractivity contribution < 1.29 is 14.7 Å². The highest BCUT2D eigenvalue weighted by Gasteiger charge is 2.05. The van der Waals surface area contributed by atoms with Crippen molar-refractivity contribution in [2.75, 3.05) is 6.54 Å². The van der Waals surface area contributed by atoms with E-state index in [1.807, 2.05) is 12.1 Å². The highest BCUT2D eigenvalue weighted by molar-refractivity contribution is 7.16. The van der Waals surface area contributed by atoms with Gasteiger partial charge in [0.25, 0.3) is 0 Å². The lowest BCUT2D eigenvalue weighted by atomic mass is 10.1. The van der Waals surface area contributed by atoms with E-state index in [1.54, 1.807) is 24.3 Å². The highest BCUT2D eigenvalue weighted by atomic mass is 35.5. The number of rotatable bonds is 7. The average Bonchev–Trinajstić information content (AvgIpc) is 2.91. The van der Waals surface area contributed by atoms with Crippen LogP contribution in [0.25, 0.3) is 0 Å². The molecule has 0 aliphatic rings. The van der Waals surface area contributed by atoms with Gasteiger partial charge in [-0.05, 0) is 42.7 Å². The first-order valence-corrected chi connectivity index (χ1v) is 8.07. The third-order valence-electron chi connectivity index (χ3n) is 3.16. The van der Waals surface area contributed by atoms with Crippen molar-refractivity contribution in [3.05, 3.63) is 56.7 Å². The minimum Gasteiger partial charge on any atom is -0.478 e. The number of benzene rings is 1. The summed E-state index contributed by atoms with van der Waals surface area (Å²) in [6.45, 7) is 0.538. The molecule has 0 aliphatic heterocycles. The van der Waals surface area contributed by atoms with E-state index in [1.165, 1.54) is 11.3 Å². The summed E-state index contributed by atoms with van der Waals surface area (Å²) in [5.74, 6) is -0.930. The van der Waals surface area contributed by atoms with E-state index < -0.39 is 5.97 Å². The van der Waals surface area contributed by atoms with Gasteiger partial charge in [0, 0.05) is 17.8 Å². The monoisotopic (exact) mass is 337 g/mol. The molecule has 0 radical (unpaired) electrons. The third-order valence-corrected chi connectivity index (χ3v) is 4.45. The summed E-state index contributed by atoms with van der Waals surface area (Å²) in [6.07, 6.45) is 1.81. The zero-order valence-electron chi connectivity index (χ0n) is 11.8. The molecule has 1 amide bonds. The van der Waals surface area contributed by atoms with Gasteiger partial charge in [-0.1, -0.05) is 23.7 Å². The molecule has 2 rings (SSSR count). The molecule has 0 atom stereocenters. The van der Waals surface area contributed by atoms with E-state index in [-0.39, 0.29) is 11.5 Å². The smallest absolute Gasteiger partial charge is 0.335 e. The summed E-state index contributed by atoms with van der Waals surface area (Å²) in [6, 6.07) is 10.4. The maximum Gasteiger partial charge on any atom is 0.335 e. The molecule has 0 saturated heterocycles. The van der Waals surface area contributed by atoms with Gasteiger partial charge in [-0.3, -0.25) is 4.79 Å². The van der Waals surface area contributed by atoms with Crippen molar-refractivity contribution in [3.8, 4) is 0 Å². The lowest BCUT2D eigenvalue weighted by molar-refractivity contribution is -0.121. The first-order chi connectivity index (χ1) is 10.5. The molecule has 1 aromatic heterocycles. The Balaban J connectivity index is 1.69. The van der Waals surface area contributed by atoms with E-state index in [0.717, 1.165) is 14.8 Å². The molecule has 22 heavy (non-hydrogen) atoms. The van der Waals surface area contributed by atoms with Crippen LogP contribution in [-0.2, 0) is 17.6 Å². The number of amides is 1. The van der Waals surface area contributed by atoms with Gasteiger partial charge in [-0.15, -0.1) is 11.3 Å². The van der Waals surface area contributed by atoms with Crippen LogP contribution in [0, 0.1) is 0 Å². The number of carbonyl (C=O) groups excluding carboxylic acids is 1. The van der Waals surface area contributed by atoms with Gasteiger partial charge in [0.2, 0.25) is 5.91 Å². The topological polar surface area (TPSA) is 66.4 Å². The predicted molar refractivity (Wildman–Crippen MR) is 87.8 cm³/mol. The Morgan fingerprint density at radius 2 is 1.82 bits per heavy atom. The molecule has 0 spiro atoms. The van der Waals surface area contributed by atoms with Gasteiger partial charge in [-0.2, -0.15) is 0 Å². The third kappa shape index (κ3) is 5.16. The van der Waals surface area contributed by atoms with Gasteiger partial charge < -0.3 is 10.4 Å². The van der Waals surface area contributed by atoms with E-state index in [0.29, 0.717) is 25.8 Å². The number of thiophene rings is 1. The van der Waals surface area contributed by atoms with Crippen molar-refractivity contribution in [1.29, 1.82) is 0 Å². The molecule has 0 aliphatic carbocycles. The standard InChI is InChI=1S/C16H16ClNO3S/c17-14-7-5-13(22-14)6-8-15(19)18-10-9-11-1-3-12(4-2-11)16(20)21/h1-5,7H,6,8-10H2,(H,18,19)(H,20,21). The first kappa shape index (κ1) is 16.5. The van der Waals surface area contributed by atoms with Crippen LogP contribution >= 0.6 is 22.9 Å². The summed E-state index contributed by atoms with van der Waals surface area (Å²) in [4.78, 5) is 23.6. The molecule has 1 aromatic carbocycles. The minimum absolute atomic E-state index is 0.00618. The van der Waals surface area contributed by atoms with Crippen molar-refractivity contribution in [2.45, 2.75) is 19.3 Å². The second-order valence-electron chi connectivity index (χ2n) is 4.81. The largest absolute Gasteiger partial charge is 0.478 e. The van der Waals surface area contributed by atoms with Crippen LogP contribution in [0.5, 0.6) is 0 Å². The molecule has 0 bridgehead atoms. The summed E-state index contributed by atoms with van der Waals surface area (Å²) >= 11 is 7.33. The van der Waals surface area contributed by atoms with Gasteiger partial charge in [0.05, 0.1) is 9.90 Å². The first-order valence-electron chi connectivity index (χ1n) is 6.88. The number of hydrogen-bond acceptors (Lipinski definition) is 3. The molecule has 1 heterocycles. The molecule has 116 valence electrons. The molecule has 0 saturated carbocycles. The van der Waals surface area contributed by atoms with Crippen LogP contribution in [0.1, 0.15) is 27.2 Å². The Morgan fingerprint density at radius 1 is 1.09 bits per heavy atom. The highest BCUT2D eigenvalue weighted by Crippen LogP contribution is 2.22. The van der Waals surface area contributed by atoms with E-state index in [9.17, 15) is 9.59 Å². The number of halogens is 1. The van der Waals surface area contributed by atoms with Crippen LogP contribution in [0.2, 0.25) is 4.34 Å². The number of hydrogen-bond donors (Lipinski definition) is 2. The fraction of sp³-hybridized carbons (Fsp3) is 0.250.